The van der Waals surface area contributed by atoms with Crippen LogP contribution in [-0.4, -0.2) is 25.2 Å². The molecule has 8 nitrogen and oxygen atoms in total. The minimum atomic E-state index is -4.01. The van der Waals surface area contributed by atoms with Crippen molar-refractivity contribution in [3.05, 3.63) is 39.9 Å². The molecule has 0 aliphatic carbocycles. The molecule has 0 atom stereocenters. The van der Waals surface area contributed by atoms with Crippen molar-refractivity contribution in [1.82, 2.24) is 0 Å². The zero-order chi connectivity index (χ0) is 13.8. The molecule has 0 bridgehead atoms. The highest BCUT2D eigenvalue weighted by Gasteiger charge is 2.15. The topological polar surface area (TPSA) is 130 Å². The van der Waals surface area contributed by atoms with E-state index in [1.54, 1.807) is 0 Å². The van der Waals surface area contributed by atoms with Crippen molar-refractivity contribution < 1.29 is 22.3 Å². The second-order valence-electron chi connectivity index (χ2n) is 3.34. The first kappa shape index (κ1) is 13.9. The second-order valence-corrected chi connectivity index (χ2v) is 5.03. The Hall–Kier alpha value is -2.16. The van der Waals surface area contributed by atoms with Gasteiger partial charge in [-0.3, -0.25) is 10.1 Å². The lowest BCUT2D eigenvalue weighted by atomic mass is 10.1. The maximum absolute atomic E-state index is 11.2. The third-order valence-corrected chi connectivity index (χ3v) is 3.12. The number of amides is 1. The number of hydrogen-bond donors (Lipinski definition) is 1. The minimum Gasteiger partial charge on any atom is -0.334 e. The van der Waals surface area contributed by atoms with Crippen LogP contribution in [0.1, 0.15) is 5.56 Å². The molecule has 0 aliphatic rings. The molecule has 18 heavy (non-hydrogen) atoms. The van der Waals surface area contributed by atoms with E-state index >= 15 is 0 Å². The summed E-state index contributed by atoms with van der Waals surface area (Å²) in [7, 11) is -4.01. The van der Waals surface area contributed by atoms with E-state index < -0.39 is 26.9 Å². The fourth-order valence-electron chi connectivity index (χ4n) is 1.19. The van der Waals surface area contributed by atoms with E-state index in [2.05, 4.69) is 9.92 Å². The van der Waals surface area contributed by atoms with Gasteiger partial charge < -0.3 is 9.92 Å². The van der Waals surface area contributed by atoms with Crippen molar-refractivity contribution in [3.63, 3.8) is 0 Å². The van der Waals surface area contributed by atoms with E-state index in [4.69, 9.17) is 0 Å². The summed E-state index contributed by atoms with van der Waals surface area (Å²) in [5.74, 6) is -0.437. The number of rotatable bonds is 5. The standard InChI is InChI=1S/C9H10N2O6S/c10-9(12)17-18(15,16)6-5-7-1-3-8(4-2-7)11(13)14/h1-4H,5-6H2,(H2,10,12). The molecule has 0 radical (unpaired) electrons. The van der Waals surface area contributed by atoms with Gasteiger partial charge in [0.2, 0.25) is 0 Å². The molecule has 0 heterocycles. The maximum Gasteiger partial charge on any atom is 0.420 e. The number of nitro benzene ring substituents is 1. The zero-order valence-corrected chi connectivity index (χ0v) is 9.92. The molecule has 0 spiro atoms. The second kappa shape index (κ2) is 5.45. The van der Waals surface area contributed by atoms with Crippen LogP contribution in [-0.2, 0) is 20.7 Å². The molecule has 1 aromatic rings. The van der Waals surface area contributed by atoms with Crippen LogP contribution in [0.5, 0.6) is 0 Å². The highest BCUT2D eigenvalue weighted by molar-refractivity contribution is 7.87. The van der Waals surface area contributed by atoms with Crippen molar-refractivity contribution in [1.29, 1.82) is 0 Å². The van der Waals surface area contributed by atoms with Crippen molar-refractivity contribution >= 4 is 21.9 Å². The van der Waals surface area contributed by atoms with Crippen LogP contribution in [0.4, 0.5) is 10.5 Å². The van der Waals surface area contributed by atoms with Crippen LogP contribution in [0.3, 0.4) is 0 Å². The van der Waals surface area contributed by atoms with Gasteiger partial charge in [-0.25, -0.2) is 4.79 Å². The molecule has 0 saturated heterocycles. The summed E-state index contributed by atoms with van der Waals surface area (Å²) in [6.45, 7) is 0. The fourth-order valence-corrected chi connectivity index (χ4v) is 2.01. The normalized spacial score (nSPS) is 10.9. The van der Waals surface area contributed by atoms with Crippen LogP contribution >= 0.6 is 0 Å². The van der Waals surface area contributed by atoms with Crippen LogP contribution in [0.2, 0.25) is 0 Å². The number of nitrogens with two attached hydrogens (primary N) is 1. The Morgan fingerprint density at radius 1 is 1.33 bits per heavy atom. The number of aryl methyl sites for hydroxylation is 1. The number of carbonyl (C=O) groups excluding carboxylic acids is 1. The summed E-state index contributed by atoms with van der Waals surface area (Å²) in [6.07, 6.45) is -1.33. The van der Waals surface area contributed by atoms with Crippen molar-refractivity contribution in [2.24, 2.45) is 5.73 Å². The Kier molecular flexibility index (Phi) is 4.21. The summed E-state index contributed by atoms with van der Waals surface area (Å²) < 4.78 is 26.2. The highest BCUT2D eigenvalue weighted by Crippen LogP contribution is 2.12. The molecule has 1 aromatic carbocycles. The van der Waals surface area contributed by atoms with Crippen LogP contribution in [0, 0.1) is 10.1 Å². The van der Waals surface area contributed by atoms with Crippen molar-refractivity contribution in [2.75, 3.05) is 5.75 Å². The molecule has 0 aliphatic heterocycles. The van der Waals surface area contributed by atoms with Gasteiger partial charge >= 0.3 is 16.2 Å². The molecule has 1 rings (SSSR count). The molecule has 1 amide bonds. The van der Waals surface area contributed by atoms with Gasteiger partial charge in [-0.1, -0.05) is 12.1 Å². The van der Waals surface area contributed by atoms with Gasteiger partial charge in [0.1, 0.15) is 0 Å². The number of non-ortho nitro benzene ring substituents is 1. The fraction of sp³-hybridized carbons (Fsp3) is 0.222. The lowest BCUT2D eigenvalue weighted by Crippen LogP contribution is -2.21. The number of primary amides is 1. The molecule has 0 saturated carbocycles. The van der Waals surface area contributed by atoms with Gasteiger partial charge in [-0.15, -0.1) is 0 Å². The van der Waals surface area contributed by atoms with Crippen LogP contribution in [0.15, 0.2) is 24.3 Å². The van der Waals surface area contributed by atoms with Crippen LogP contribution in [0.25, 0.3) is 0 Å². The Balaban J connectivity index is 2.64. The first-order chi connectivity index (χ1) is 8.30. The van der Waals surface area contributed by atoms with Crippen molar-refractivity contribution in [2.45, 2.75) is 6.42 Å². The molecular formula is C9H10N2O6S. The van der Waals surface area contributed by atoms with E-state index in [1.165, 1.54) is 24.3 Å². The summed E-state index contributed by atoms with van der Waals surface area (Å²) >= 11 is 0. The number of nitrogens with zero attached hydrogens (tertiary/aromatic N) is 1. The van der Waals surface area contributed by atoms with Crippen LogP contribution < -0.4 is 5.73 Å². The smallest absolute Gasteiger partial charge is 0.334 e. The SMILES string of the molecule is NC(=O)OS(=O)(=O)CCc1ccc([N+](=O)[O-])cc1. The van der Waals surface area contributed by atoms with Gasteiger partial charge in [0.15, 0.2) is 0 Å². The van der Waals surface area contributed by atoms with Gasteiger partial charge in [-0.2, -0.15) is 8.42 Å². The van der Waals surface area contributed by atoms with E-state index in [9.17, 15) is 23.3 Å². The predicted octanol–water partition coefficient (Wildman–Crippen LogP) is 0.562. The summed E-state index contributed by atoms with van der Waals surface area (Å²) in [5.41, 5.74) is 5.06. The third kappa shape index (κ3) is 4.37. The largest absolute Gasteiger partial charge is 0.420 e. The third-order valence-electron chi connectivity index (χ3n) is 2.00. The van der Waals surface area contributed by atoms with Gasteiger partial charge in [0.05, 0.1) is 10.7 Å². The summed E-state index contributed by atoms with van der Waals surface area (Å²) in [5, 5.41) is 10.4. The van der Waals surface area contributed by atoms with Crippen molar-refractivity contribution in [3.8, 4) is 0 Å². The first-order valence-electron chi connectivity index (χ1n) is 4.75. The average Bonchev–Trinajstić information content (AvgIpc) is 2.25. The molecule has 0 aromatic heterocycles. The molecule has 2 N–H and O–H groups in total. The highest BCUT2D eigenvalue weighted by atomic mass is 32.2. The molecular weight excluding hydrogens is 264 g/mol. The first-order valence-corrected chi connectivity index (χ1v) is 6.33. The van der Waals surface area contributed by atoms with Gasteiger partial charge in [0.25, 0.3) is 5.69 Å². The average molecular weight is 274 g/mol. The number of nitro groups is 1. The summed E-state index contributed by atoms with van der Waals surface area (Å²) in [6, 6.07) is 5.38. The number of hydrogen-bond acceptors (Lipinski definition) is 6. The van der Waals surface area contributed by atoms with E-state index in [-0.39, 0.29) is 12.1 Å². The lowest BCUT2D eigenvalue weighted by molar-refractivity contribution is -0.384. The monoisotopic (exact) mass is 274 g/mol. The molecule has 0 fully saturated rings. The Morgan fingerprint density at radius 3 is 2.33 bits per heavy atom. The zero-order valence-electron chi connectivity index (χ0n) is 9.11. The van der Waals surface area contributed by atoms with E-state index in [0.29, 0.717) is 5.56 Å². The minimum absolute atomic E-state index is 0.0631. The van der Waals surface area contributed by atoms with Gasteiger partial charge in [0, 0.05) is 12.1 Å². The maximum atomic E-state index is 11.2. The lowest BCUT2D eigenvalue weighted by Gasteiger charge is -2.03. The van der Waals surface area contributed by atoms with Gasteiger partial charge in [-0.05, 0) is 12.0 Å². The summed E-state index contributed by atoms with van der Waals surface area (Å²) in [4.78, 5) is 20.1. The molecule has 98 valence electrons. The van der Waals surface area contributed by atoms with E-state index in [1.807, 2.05) is 0 Å². The quantitative estimate of drug-likeness (QED) is 0.474. The predicted molar refractivity (Wildman–Crippen MR) is 61.3 cm³/mol. The number of benzene rings is 1. The molecule has 9 heteroatoms. The Morgan fingerprint density at radius 2 is 1.89 bits per heavy atom. The number of carbonyl (C=O) groups is 1. The van der Waals surface area contributed by atoms with E-state index in [0.717, 1.165) is 0 Å². The Bertz CT molecular complexity index is 551. The molecule has 0 unspecified atom stereocenters. The Labute approximate surface area is 103 Å².